The maximum Gasteiger partial charge on any atom is 0.338 e. The molecular weight excluding hydrogens is 566 g/mol. The smallest absolute Gasteiger partial charge is 0.338 e. The van der Waals surface area contributed by atoms with E-state index in [0.29, 0.717) is 24.3 Å². The average molecular weight is 606 g/mol. The van der Waals surface area contributed by atoms with Crippen molar-refractivity contribution in [1.82, 2.24) is 9.88 Å². The van der Waals surface area contributed by atoms with E-state index in [-0.39, 0.29) is 24.1 Å². The molecule has 1 aromatic heterocycles. The van der Waals surface area contributed by atoms with E-state index < -0.39 is 4.92 Å². The molecule has 0 aliphatic rings. The highest BCUT2D eigenvalue weighted by Crippen LogP contribution is 2.27. The lowest BCUT2D eigenvalue weighted by molar-refractivity contribution is -0.384. The Bertz CT molecular complexity index is 1770. The van der Waals surface area contributed by atoms with Gasteiger partial charge in [-0.25, -0.2) is 4.79 Å². The predicted molar refractivity (Wildman–Crippen MR) is 178 cm³/mol. The van der Waals surface area contributed by atoms with Crippen molar-refractivity contribution in [2.45, 2.75) is 53.6 Å². The number of ether oxygens (including phenoxy) is 1. The van der Waals surface area contributed by atoms with Gasteiger partial charge in [-0.3, -0.25) is 14.9 Å². The zero-order valence-corrected chi connectivity index (χ0v) is 26.2. The fraction of sp³-hybridized carbons (Fsp3) is 0.243. The number of nitrogens with zero attached hydrogens (tertiary/aromatic N) is 2. The highest BCUT2D eigenvalue weighted by atomic mass is 16.6. The van der Waals surface area contributed by atoms with Crippen LogP contribution in [-0.2, 0) is 17.8 Å². The number of amides is 1. The molecule has 0 aliphatic heterocycles. The molecule has 0 spiro atoms. The van der Waals surface area contributed by atoms with Gasteiger partial charge in [0, 0.05) is 47.9 Å². The molecule has 1 heterocycles. The van der Waals surface area contributed by atoms with Crippen molar-refractivity contribution < 1.29 is 19.2 Å². The van der Waals surface area contributed by atoms with Crippen molar-refractivity contribution in [3.8, 4) is 11.1 Å². The minimum absolute atomic E-state index is 0.0153. The second-order valence-corrected chi connectivity index (χ2v) is 10.5. The van der Waals surface area contributed by atoms with Crippen molar-refractivity contribution in [1.29, 1.82) is 0 Å². The van der Waals surface area contributed by atoms with E-state index in [2.05, 4.69) is 35.1 Å². The summed E-state index contributed by atoms with van der Waals surface area (Å²) in [7, 11) is 0. The van der Waals surface area contributed by atoms with Crippen LogP contribution in [0.15, 0.2) is 97.2 Å². The van der Waals surface area contributed by atoms with Crippen LogP contribution in [-0.4, -0.2) is 28.0 Å². The Balaban J connectivity index is 0.00000226. The molecule has 8 nitrogen and oxygen atoms in total. The largest absolute Gasteiger partial charge is 0.462 e. The Hall–Kier alpha value is -5.24. The zero-order valence-electron chi connectivity index (χ0n) is 26.2. The van der Waals surface area contributed by atoms with Gasteiger partial charge in [-0.15, -0.1) is 0 Å². The second-order valence-electron chi connectivity index (χ2n) is 10.5. The third-order valence-electron chi connectivity index (χ3n) is 7.44. The number of carbonyl (C=O) groups excluding carboxylic acids is 2. The number of esters is 1. The van der Waals surface area contributed by atoms with Gasteiger partial charge in [0.2, 0.25) is 0 Å². The number of non-ortho nitro benzene ring substituents is 1. The van der Waals surface area contributed by atoms with Gasteiger partial charge in [0.1, 0.15) is 0 Å². The van der Waals surface area contributed by atoms with Crippen LogP contribution in [0.4, 0.5) is 5.69 Å². The number of hydrogen-bond acceptors (Lipinski definition) is 5. The monoisotopic (exact) mass is 605 g/mol. The number of nitro benzene ring substituents is 1. The van der Waals surface area contributed by atoms with Gasteiger partial charge in [-0.1, -0.05) is 81.8 Å². The lowest BCUT2D eigenvalue weighted by atomic mass is 9.98. The summed E-state index contributed by atoms with van der Waals surface area (Å²) in [5.74, 6) is -0.515. The molecule has 4 aromatic carbocycles. The molecule has 0 aliphatic carbocycles. The molecule has 0 saturated heterocycles. The molecule has 0 bridgehead atoms. The SMILES string of the molecule is CC.CCCCOC(=O)c1ccccc1-c1ccc(Cn2cc(C)c3cc(C(=O)NCc4ccc([N+](=O)[O-])cc4)ccc32)cc1. The van der Waals surface area contributed by atoms with Crippen molar-refractivity contribution in [3.63, 3.8) is 0 Å². The molecule has 5 aromatic rings. The van der Waals surface area contributed by atoms with Gasteiger partial charge in [-0.05, 0) is 65.4 Å². The van der Waals surface area contributed by atoms with Crippen LogP contribution in [0.1, 0.15) is 71.0 Å². The fourth-order valence-electron chi connectivity index (χ4n) is 5.05. The molecule has 45 heavy (non-hydrogen) atoms. The third kappa shape index (κ3) is 8.03. The first-order chi connectivity index (χ1) is 21.8. The van der Waals surface area contributed by atoms with Crippen molar-refractivity contribution >= 4 is 28.5 Å². The number of hydrogen-bond donors (Lipinski definition) is 1. The second kappa shape index (κ2) is 15.5. The van der Waals surface area contributed by atoms with E-state index in [1.807, 2.05) is 69.3 Å². The molecule has 0 atom stereocenters. The summed E-state index contributed by atoms with van der Waals surface area (Å²) in [6, 6.07) is 27.5. The van der Waals surface area contributed by atoms with E-state index in [9.17, 15) is 19.7 Å². The van der Waals surface area contributed by atoms with E-state index in [0.717, 1.165) is 51.6 Å². The number of fused-ring (bicyclic) bond motifs is 1. The highest BCUT2D eigenvalue weighted by molar-refractivity contribution is 5.99. The molecule has 0 fully saturated rings. The Morgan fingerprint density at radius 2 is 1.60 bits per heavy atom. The van der Waals surface area contributed by atoms with Gasteiger partial charge in [0.15, 0.2) is 0 Å². The van der Waals surface area contributed by atoms with E-state index in [1.54, 1.807) is 18.2 Å². The number of benzene rings is 4. The minimum Gasteiger partial charge on any atom is -0.462 e. The molecule has 232 valence electrons. The molecule has 5 rings (SSSR count). The number of unbranched alkanes of at least 4 members (excludes halogenated alkanes) is 1. The van der Waals surface area contributed by atoms with Crippen LogP contribution in [0.5, 0.6) is 0 Å². The Labute approximate surface area is 263 Å². The van der Waals surface area contributed by atoms with Crippen LogP contribution in [0.2, 0.25) is 0 Å². The molecule has 1 N–H and O–H groups in total. The first-order valence-corrected chi connectivity index (χ1v) is 15.3. The van der Waals surface area contributed by atoms with Crippen LogP contribution in [0.25, 0.3) is 22.0 Å². The summed E-state index contributed by atoms with van der Waals surface area (Å²) in [6.07, 6.45) is 3.89. The van der Waals surface area contributed by atoms with E-state index in [4.69, 9.17) is 4.74 Å². The van der Waals surface area contributed by atoms with Crippen molar-refractivity contribution in [2.75, 3.05) is 6.61 Å². The predicted octanol–water partition coefficient (Wildman–Crippen LogP) is 8.49. The first kappa shape index (κ1) is 32.7. The normalized spacial score (nSPS) is 10.6. The van der Waals surface area contributed by atoms with Crippen LogP contribution in [0, 0.1) is 17.0 Å². The molecule has 8 heteroatoms. The van der Waals surface area contributed by atoms with Crippen molar-refractivity contribution in [2.24, 2.45) is 0 Å². The van der Waals surface area contributed by atoms with E-state index >= 15 is 0 Å². The Kier molecular flexibility index (Phi) is 11.2. The average Bonchev–Trinajstić information content (AvgIpc) is 3.38. The highest BCUT2D eigenvalue weighted by Gasteiger charge is 2.15. The zero-order chi connectivity index (χ0) is 32.3. The standard InChI is InChI=1S/C35H33N3O5.C2H6/c1-3-4-19-43-35(40)31-8-6-5-7-30(31)27-13-9-26(10-14-27)23-37-22-24(2)32-20-28(15-18-33(32)37)34(39)36-21-25-11-16-29(17-12-25)38(41)42;1-2/h5-18,20,22H,3-4,19,21,23H2,1-2H3,(H,36,39);1-2H3. The maximum atomic E-state index is 12.9. The quantitative estimate of drug-likeness (QED) is 0.0704. The summed E-state index contributed by atoms with van der Waals surface area (Å²) in [5, 5.41) is 14.7. The molecule has 0 saturated carbocycles. The van der Waals surface area contributed by atoms with Gasteiger partial charge < -0.3 is 14.6 Å². The lowest BCUT2D eigenvalue weighted by Crippen LogP contribution is -2.22. The van der Waals surface area contributed by atoms with Crippen LogP contribution < -0.4 is 5.32 Å². The number of carbonyl (C=O) groups is 2. The fourth-order valence-corrected chi connectivity index (χ4v) is 5.05. The first-order valence-electron chi connectivity index (χ1n) is 15.3. The van der Waals surface area contributed by atoms with Crippen LogP contribution >= 0.6 is 0 Å². The molecule has 0 radical (unpaired) electrons. The third-order valence-corrected chi connectivity index (χ3v) is 7.44. The molecule has 1 amide bonds. The number of nitrogens with one attached hydrogen (secondary N) is 1. The van der Waals surface area contributed by atoms with Gasteiger partial charge in [0.25, 0.3) is 11.6 Å². The Morgan fingerprint density at radius 1 is 0.911 bits per heavy atom. The summed E-state index contributed by atoms with van der Waals surface area (Å²) < 4.78 is 7.62. The van der Waals surface area contributed by atoms with Crippen LogP contribution in [0.3, 0.4) is 0 Å². The number of aryl methyl sites for hydroxylation is 1. The summed E-state index contributed by atoms with van der Waals surface area (Å²) in [5.41, 5.74) is 6.89. The molecular formula is C37H39N3O5. The number of rotatable bonds is 11. The Morgan fingerprint density at radius 3 is 2.29 bits per heavy atom. The topological polar surface area (TPSA) is 103 Å². The van der Waals surface area contributed by atoms with Gasteiger partial charge in [-0.2, -0.15) is 0 Å². The van der Waals surface area contributed by atoms with Gasteiger partial charge in [0.05, 0.1) is 17.1 Å². The van der Waals surface area contributed by atoms with Gasteiger partial charge >= 0.3 is 5.97 Å². The van der Waals surface area contributed by atoms with E-state index in [1.165, 1.54) is 12.1 Å². The maximum absolute atomic E-state index is 12.9. The summed E-state index contributed by atoms with van der Waals surface area (Å²) >= 11 is 0. The summed E-state index contributed by atoms with van der Waals surface area (Å²) in [4.78, 5) is 36.0. The number of aromatic nitrogens is 1. The minimum atomic E-state index is -0.448. The number of nitro groups is 1. The van der Waals surface area contributed by atoms with Crippen molar-refractivity contribution in [3.05, 3.63) is 135 Å². The summed E-state index contributed by atoms with van der Waals surface area (Å²) in [6.45, 7) is 9.43. The lowest BCUT2D eigenvalue weighted by Gasteiger charge is -2.11. The molecule has 0 unspecified atom stereocenters.